The van der Waals surface area contributed by atoms with Crippen molar-refractivity contribution in [3.63, 3.8) is 0 Å². The van der Waals surface area contributed by atoms with Gasteiger partial charge in [0.05, 0.1) is 23.7 Å². The van der Waals surface area contributed by atoms with Crippen LogP contribution < -0.4 is 10.6 Å². The molecule has 1 atom stereocenters. The Balaban J connectivity index is 1.66. The van der Waals surface area contributed by atoms with E-state index < -0.39 is 10.0 Å². The zero-order valence-corrected chi connectivity index (χ0v) is 17.1. The number of furan rings is 1. The molecule has 1 saturated heterocycles. The molecule has 1 aliphatic rings. The smallest absolute Gasteiger partial charge is 0.243 e. The van der Waals surface area contributed by atoms with Gasteiger partial charge in [-0.15, -0.1) is 0 Å². The van der Waals surface area contributed by atoms with Crippen LogP contribution in [0.2, 0.25) is 0 Å². The number of amides is 1. The van der Waals surface area contributed by atoms with Crippen LogP contribution in [0.5, 0.6) is 0 Å². The first-order valence-electron chi connectivity index (χ1n) is 9.55. The first-order valence-corrected chi connectivity index (χ1v) is 11.0. The van der Waals surface area contributed by atoms with Crippen LogP contribution in [0, 0.1) is 6.92 Å². The predicted octanol–water partition coefficient (Wildman–Crippen LogP) is 3.05. The Labute approximate surface area is 166 Å². The quantitative estimate of drug-likeness (QED) is 0.739. The molecule has 152 valence electrons. The summed E-state index contributed by atoms with van der Waals surface area (Å²) >= 11 is 0. The summed E-state index contributed by atoms with van der Waals surface area (Å²) in [4.78, 5) is 12.6. The lowest BCUT2D eigenvalue weighted by Crippen LogP contribution is -2.35. The van der Waals surface area contributed by atoms with Crippen molar-refractivity contribution in [3.05, 3.63) is 47.9 Å². The number of hydrogen-bond donors (Lipinski definition) is 2. The van der Waals surface area contributed by atoms with E-state index in [2.05, 4.69) is 10.6 Å². The lowest BCUT2D eigenvalue weighted by molar-refractivity contribution is -0.115. The van der Waals surface area contributed by atoms with E-state index in [1.165, 1.54) is 4.31 Å². The third-order valence-corrected chi connectivity index (χ3v) is 6.87. The number of rotatable bonds is 7. The summed E-state index contributed by atoms with van der Waals surface area (Å²) in [6, 6.07) is 8.41. The minimum absolute atomic E-state index is 0.0877. The summed E-state index contributed by atoms with van der Waals surface area (Å²) in [5.74, 6) is 0.507. The van der Waals surface area contributed by atoms with E-state index in [9.17, 15) is 13.2 Å². The van der Waals surface area contributed by atoms with Crippen molar-refractivity contribution in [1.29, 1.82) is 0 Å². The van der Waals surface area contributed by atoms with Crippen molar-refractivity contribution in [1.82, 2.24) is 9.62 Å². The molecule has 0 aliphatic carbocycles. The van der Waals surface area contributed by atoms with E-state index in [1.54, 1.807) is 30.5 Å². The molecule has 1 amide bonds. The van der Waals surface area contributed by atoms with Crippen LogP contribution in [0.3, 0.4) is 0 Å². The lowest BCUT2D eigenvalue weighted by atomic mass is 10.2. The molecule has 0 bridgehead atoms. The highest BCUT2D eigenvalue weighted by atomic mass is 32.2. The van der Waals surface area contributed by atoms with Crippen molar-refractivity contribution in [2.24, 2.45) is 0 Å². The van der Waals surface area contributed by atoms with E-state index in [-0.39, 0.29) is 23.4 Å². The number of hydrogen-bond acceptors (Lipinski definition) is 5. The number of nitrogens with zero attached hydrogens (tertiary/aromatic N) is 1. The van der Waals surface area contributed by atoms with Gasteiger partial charge in [-0.05, 0) is 56.5 Å². The van der Waals surface area contributed by atoms with E-state index in [4.69, 9.17) is 4.42 Å². The first-order chi connectivity index (χ1) is 13.4. The van der Waals surface area contributed by atoms with Gasteiger partial charge in [0.1, 0.15) is 5.76 Å². The minimum atomic E-state index is -3.54. The Kier molecular flexibility index (Phi) is 6.53. The van der Waals surface area contributed by atoms with Crippen molar-refractivity contribution in [3.8, 4) is 0 Å². The third kappa shape index (κ3) is 4.81. The highest BCUT2D eigenvalue weighted by Crippen LogP contribution is 2.25. The molecule has 1 aromatic heterocycles. The normalized spacial score (nSPS) is 16.6. The van der Waals surface area contributed by atoms with Gasteiger partial charge in [-0.1, -0.05) is 12.5 Å². The third-order valence-electron chi connectivity index (χ3n) is 4.97. The zero-order chi connectivity index (χ0) is 20.1. The SMILES string of the molecule is Cc1ccc(S(=O)(=O)N2CCCCC2)cc1NC(=O)CN[C@H](C)c1ccco1. The second-order valence-electron chi connectivity index (χ2n) is 7.11. The Morgan fingerprint density at radius 2 is 1.96 bits per heavy atom. The van der Waals surface area contributed by atoms with Crippen LogP contribution in [-0.2, 0) is 14.8 Å². The number of piperidine rings is 1. The molecule has 2 aromatic rings. The largest absolute Gasteiger partial charge is 0.468 e. The van der Waals surface area contributed by atoms with Gasteiger partial charge >= 0.3 is 0 Å². The van der Waals surface area contributed by atoms with Gasteiger partial charge in [0.25, 0.3) is 0 Å². The summed E-state index contributed by atoms with van der Waals surface area (Å²) in [7, 11) is -3.54. The van der Waals surface area contributed by atoms with Gasteiger partial charge in [-0.3, -0.25) is 10.1 Å². The maximum absolute atomic E-state index is 12.9. The summed E-state index contributed by atoms with van der Waals surface area (Å²) in [6.45, 7) is 4.93. The van der Waals surface area contributed by atoms with Crippen LogP contribution in [-0.4, -0.2) is 38.3 Å². The van der Waals surface area contributed by atoms with E-state index >= 15 is 0 Å². The van der Waals surface area contributed by atoms with Crippen LogP contribution in [0.15, 0.2) is 45.9 Å². The van der Waals surface area contributed by atoms with E-state index in [0.717, 1.165) is 30.6 Å². The van der Waals surface area contributed by atoms with Crippen LogP contribution in [0.25, 0.3) is 0 Å². The van der Waals surface area contributed by atoms with Crippen molar-refractivity contribution in [2.45, 2.75) is 44.0 Å². The van der Waals surface area contributed by atoms with Gasteiger partial charge in [0, 0.05) is 18.8 Å². The molecule has 0 unspecified atom stereocenters. The van der Waals surface area contributed by atoms with Crippen LogP contribution >= 0.6 is 0 Å². The fraction of sp³-hybridized carbons (Fsp3) is 0.450. The average Bonchev–Trinajstić information content (AvgIpc) is 3.23. The van der Waals surface area contributed by atoms with Gasteiger partial charge in [0.2, 0.25) is 15.9 Å². The molecule has 28 heavy (non-hydrogen) atoms. The molecule has 1 aliphatic heterocycles. The molecular formula is C20H27N3O4S. The fourth-order valence-electron chi connectivity index (χ4n) is 3.23. The highest BCUT2D eigenvalue weighted by molar-refractivity contribution is 7.89. The summed E-state index contributed by atoms with van der Waals surface area (Å²) in [5.41, 5.74) is 1.32. The molecule has 0 spiro atoms. The molecule has 1 fully saturated rings. The van der Waals surface area contributed by atoms with Crippen LogP contribution in [0.4, 0.5) is 5.69 Å². The monoisotopic (exact) mass is 405 g/mol. The zero-order valence-electron chi connectivity index (χ0n) is 16.3. The average molecular weight is 406 g/mol. The van der Waals surface area contributed by atoms with Gasteiger partial charge in [-0.25, -0.2) is 8.42 Å². The van der Waals surface area contributed by atoms with Crippen molar-refractivity contribution in [2.75, 3.05) is 25.0 Å². The van der Waals surface area contributed by atoms with Crippen molar-refractivity contribution >= 4 is 21.6 Å². The highest BCUT2D eigenvalue weighted by Gasteiger charge is 2.26. The molecule has 1 aromatic carbocycles. The van der Waals surface area contributed by atoms with E-state index in [1.807, 2.05) is 19.9 Å². The molecule has 2 N–H and O–H groups in total. The van der Waals surface area contributed by atoms with Crippen LogP contribution in [0.1, 0.15) is 43.6 Å². The Bertz CT molecular complexity index is 904. The second kappa shape index (κ2) is 8.89. The summed E-state index contributed by atoms with van der Waals surface area (Å²) in [5, 5.41) is 5.90. The number of sulfonamides is 1. The molecule has 3 rings (SSSR count). The topological polar surface area (TPSA) is 91.7 Å². The maximum Gasteiger partial charge on any atom is 0.243 e. The lowest BCUT2D eigenvalue weighted by Gasteiger charge is -2.26. The minimum Gasteiger partial charge on any atom is -0.468 e. The van der Waals surface area contributed by atoms with Gasteiger partial charge in [-0.2, -0.15) is 4.31 Å². The first kappa shape index (κ1) is 20.6. The number of carbonyl (C=O) groups is 1. The number of benzene rings is 1. The maximum atomic E-state index is 12.9. The molecule has 7 nitrogen and oxygen atoms in total. The number of nitrogens with one attached hydrogen (secondary N) is 2. The predicted molar refractivity (Wildman–Crippen MR) is 108 cm³/mol. The summed E-state index contributed by atoms with van der Waals surface area (Å²) in [6.07, 6.45) is 4.41. The van der Waals surface area contributed by atoms with E-state index in [0.29, 0.717) is 18.8 Å². The van der Waals surface area contributed by atoms with Gasteiger partial charge in [0.15, 0.2) is 0 Å². The number of anilines is 1. The Hall–Kier alpha value is -2.16. The Morgan fingerprint density at radius 1 is 1.21 bits per heavy atom. The molecule has 0 saturated carbocycles. The summed E-state index contributed by atoms with van der Waals surface area (Å²) < 4.78 is 32.6. The molecule has 2 heterocycles. The van der Waals surface area contributed by atoms with Gasteiger partial charge < -0.3 is 9.73 Å². The molecule has 0 radical (unpaired) electrons. The molecule has 8 heteroatoms. The number of aryl methyl sites for hydroxylation is 1. The van der Waals surface area contributed by atoms with Crippen molar-refractivity contribution < 1.29 is 17.6 Å². The standard InChI is InChI=1S/C20H27N3O4S/c1-15-8-9-17(28(25,26)23-10-4-3-5-11-23)13-18(15)22-20(24)14-21-16(2)19-7-6-12-27-19/h6-9,12-13,16,21H,3-5,10-11,14H2,1-2H3,(H,22,24)/t16-/m1/s1. The molecular weight excluding hydrogens is 378 g/mol. The second-order valence-corrected chi connectivity index (χ2v) is 9.05. The fourth-order valence-corrected chi connectivity index (χ4v) is 4.77. The number of carbonyl (C=O) groups excluding carboxylic acids is 1. The Morgan fingerprint density at radius 3 is 2.64 bits per heavy atom.